The number of rotatable bonds is 5. The molecule has 1 atom stereocenters. The SMILES string of the molecule is Cc1ccc(C(=O)NCCC(=O)N2CCC(C(=O)O)C2)c(O)c1. The summed E-state index contributed by atoms with van der Waals surface area (Å²) in [4.78, 5) is 36.3. The first-order valence-corrected chi connectivity index (χ1v) is 7.47. The van der Waals surface area contributed by atoms with Gasteiger partial charge in [0.25, 0.3) is 5.91 Å². The number of phenols is 1. The minimum absolute atomic E-state index is 0.0994. The van der Waals surface area contributed by atoms with Gasteiger partial charge in [-0.25, -0.2) is 0 Å². The fourth-order valence-electron chi connectivity index (χ4n) is 2.56. The molecule has 1 heterocycles. The summed E-state index contributed by atoms with van der Waals surface area (Å²) in [5, 5.41) is 21.2. The summed E-state index contributed by atoms with van der Waals surface area (Å²) in [5.74, 6) is -2.11. The predicted octanol–water partition coefficient (Wildman–Crippen LogP) is 0.754. The highest BCUT2D eigenvalue weighted by Gasteiger charge is 2.30. The monoisotopic (exact) mass is 320 g/mol. The molecule has 0 aliphatic carbocycles. The Hall–Kier alpha value is -2.57. The first kappa shape index (κ1) is 16.8. The second-order valence-corrected chi connectivity index (χ2v) is 5.69. The summed E-state index contributed by atoms with van der Waals surface area (Å²) < 4.78 is 0. The van der Waals surface area contributed by atoms with Crippen molar-refractivity contribution in [3.63, 3.8) is 0 Å². The summed E-state index contributed by atoms with van der Waals surface area (Å²) in [7, 11) is 0. The van der Waals surface area contributed by atoms with Gasteiger partial charge in [0.15, 0.2) is 0 Å². The molecule has 3 N–H and O–H groups in total. The third-order valence-corrected chi connectivity index (χ3v) is 3.91. The van der Waals surface area contributed by atoms with Crippen LogP contribution in [0.2, 0.25) is 0 Å². The van der Waals surface area contributed by atoms with Gasteiger partial charge in [-0.05, 0) is 31.0 Å². The van der Waals surface area contributed by atoms with E-state index in [4.69, 9.17) is 5.11 Å². The minimum atomic E-state index is -0.886. The van der Waals surface area contributed by atoms with Gasteiger partial charge in [-0.15, -0.1) is 0 Å². The highest BCUT2D eigenvalue weighted by Crippen LogP contribution is 2.19. The molecule has 7 heteroatoms. The van der Waals surface area contributed by atoms with Gasteiger partial charge < -0.3 is 20.4 Å². The van der Waals surface area contributed by atoms with Crippen molar-refractivity contribution in [2.45, 2.75) is 19.8 Å². The average molecular weight is 320 g/mol. The lowest BCUT2D eigenvalue weighted by Gasteiger charge is -2.16. The molecule has 0 spiro atoms. The van der Waals surface area contributed by atoms with Crippen LogP contribution in [0, 0.1) is 12.8 Å². The Bertz CT molecular complexity index is 629. The lowest BCUT2D eigenvalue weighted by molar-refractivity contribution is -0.141. The Morgan fingerprint density at radius 2 is 2.09 bits per heavy atom. The maximum Gasteiger partial charge on any atom is 0.308 e. The Kier molecular flexibility index (Phi) is 5.20. The van der Waals surface area contributed by atoms with E-state index >= 15 is 0 Å². The van der Waals surface area contributed by atoms with Crippen molar-refractivity contribution in [1.82, 2.24) is 10.2 Å². The highest BCUT2D eigenvalue weighted by atomic mass is 16.4. The van der Waals surface area contributed by atoms with E-state index in [-0.39, 0.29) is 36.7 Å². The summed E-state index contributed by atoms with van der Waals surface area (Å²) >= 11 is 0. The van der Waals surface area contributed by atoms with Crippen LogP contribution in [0.1, 0.15) is 28.8 Å². The van der Waals surface area contributed by atoms with Crippen LogP contribution < -0.4 is 5.32 Å². The summed E-state index contributed by atoms with van der Waals surface area (Å²) in [6, 6.07) is 4.74. The van der Waals surface area contributed by atoms with Gasteiger partial charge in [0.05, 0.1) is 11.5 Å². The molecule has 1 aromatic rings. The number of nitrogens with zero attached hydrogens (tertiary/aromatic N) is 1. The fourth-order valence-corrected chi connectivity index (χ4v) is 2.56. The van der Waals surface area contributed by atoms with E-state index in [0.717, 1.165) is 5.56 Å². The Morgan fingerprint density at radius 1 is 1.35 bits per heavy atom. The second kappa shape index (κ2) is 7.13. The molecule has 124 valence electrons. The van der Waals surface area contributed by atoms with Gasteiger partial charge in [0.2, 0.25) is 5.91 Å². The van der Waals surface area contributed by atoms with E-state index in [9.17, 15) is 19.5 Å². The lowest BCUT2D eigenvalue weighted by atomic mass is 10.1. The van der Waals surface area contributed by atoms with E-state index in [1.165, 1.54) is 17.0 Å². The van der Waals surface area contributed by atoms with E-state index in [1.807, 2.05) is 0 Å². The number of carbonyl (C=O) groups is 3. The molecule has 1 unspecified atom stereocenters. The molecule has 1 fully saturated rings. The number of phenolic OH excluding ortho intramolecular Hbond substituents is 1. The van der Waals surface area contributed by atoms with Gasteiger partial charge in [-0.1, -0.05) is 6.07 Å². The van der Waals surface area contributed by atoms with Crippen LogP contribution in [-0.4, -0.2) is 52.5 Å². The number of nitrogens with one attached hydrogen (secondary N) is 1. The van der Waals surface area contributed by atoms with E-state index in [2.05, 4.69) is 5.32 Å². The average Bonchev–Trinajstić information content (AvgIpc) is 2.97. The number of carbonyl (C=O) groups excluding carboxylic acids is 2. The van der Waals surface area contributed by atoms with Crippen molar-refractivity contribution in [3.05, 3.63) is 29.3 Å². The Labute approximate surface area is 133 Å². The van der Waals surface area contributed by atoms with Gasteiger partial charge in [-0.3, -0.25) is 14.4 Å². The largest absolute Gasteiger partial charge is 0.507 e. The number of hydrogen-bond acceptors (Lipinski definition) is 4. The summed E-state index contributed by atoms with van der Waals surface area (Å²) in [6.45, 7) is 2.60. The van der Waals surface area contributed by atoms with Crippen LogP contribution in [0.25, 0.3) is 0 Å². The van der Waals surface area contributed by atoms with Gasteiger partial charge >= 0.3 is 5.97 Å². The first-order valence-electron chi connectivity index (χ1n) is 7.47. The number of carboxylic acid groups (broad SMARTS) is 1. The third kappa shape index (κ3) is 4.21. The molecule has 0 aromatic heterocycles. The number of aliphatic carboxylic acids is 1. The lowest BCUT2D eigenvalue weighted by Crippen LogP contribution is -2.33. The number of aryl methyl sites for hydroxylation is 1. The molecule has 1 saturated heterocycles. The predicted molar refractivity (Wildman–Crippen MR) is 82.1 cm³/mol. The van der Waals surface area contributed by atoms with Crippen LogP contribution in [0.4, 0.5) is 0 Å². The number of carboxylic acids is 1. The van der Waals surface area contributed by atoms with Crippen LogP contribution in [0.5, 0.6) is 5.75 Å². The van der Waals surface area contributed by atoms with E-state index in [1.54, 1.807) is 13.0 Å². The second-order valence-electron chi connectivity index (χ2n) is 5.69. The standard InChI is InChI=1S/C16H20N2O5/c1-10-2-3-12(13(19)8-10)15(21)17-6-4-14(20)18-7-5-11(9-18)16(22)23/h2-3,8,11,19H,4-7,9H2,1H3,(H,17,21)(H,22,23). The van der Waals surface area contributed by atoms with Crippen LogP contribution >= 0.6 is 0 Å². The summed E-state index contributed by atoms with van der Waals surface area (Å²) in [5.41, 5.74) is 1.01. The topological polar surface area (TPSA) is 107 Å². The third-order valence-electron chi connectivity index (χ3n) is 3.91. The highest BCUT2D eigenvalue weighted by molar-refractivity contribution is 5.97. The zero-order chi connectivity index (χ0) is 17.0. The quantitative estimate of drug-likeness (QED) is 0.742. The molecule has 1 aromatic carbocycles. The molecule has 1 aliphatic rings. The van der Waals surface area contributed by atoms with Crippen molar-refractivity contribution in [3.8, 4) is 5.75 Å². The molecule has 0 bridgehead atoms. The molecule has 23 heavy (non-hydrogen) atoms. The summed E-state index contributed by atoms with van der Waals surface area (Å²) in [6.07, 6.45) is 0.565. The Morgan fingerprint density at radius 3 is 2.70 bits per heavy atom. The van der Waals surface area contributed by atoms with Crippen molar-refractivity contribution in [1.29, 1.82) is 0 Å². The number of aromatic hydroxyl groups is 1. The van der Waals surface area contributed by atoms with Crippen LogP contribution in [-0.2, 0) is 9.59 Å². The maximum atomic E-state index is 12.0. The molecule has 7 nitrogen and oxygen atoms in total. The number of hydrogen-bond donors (Lipinski definition) is 3. The normalized spacial score (nSPS) is 17.1. The zero-order valence-electron chi connectivity index (χ0n) is 12.9. The van der Waals surface area contributed by atoms with E-state index in [0.29, 0.717) is 13.0 Å². The molecule has 1 aliphatic heterocycles. The number of likely N-dealkylation sites (tertiary alicyclic amines) is 1. The van der Waals surface area contributed by atoms with Crippen molar-refractivity contribution >= 4 is 17.8 Å². The van der Waals surface area contributed by atoms with E-state index < -0.39 is 17.8 Å². The van der Waals surface area contributed by atoms with Crippen LogP contribution in [0.15, 0.2) is 18.2 Å². The first-order chi connectivity index (χ1) is 10.9. The molecule has 0 radical (unpaired) electrons. The van der Waals surface area contributed by atoms with Crippen molar-refractivity contribution in [2.75, 3.05) is 19.6 Å². The van der Waals surface area contributed by atoms with Crippen molar-refractivity contribution in [2.24, 2.45) is 5.92 Å². The smallest absolute Gasteiger partial charge is 0.308 e. The number of amides is 2. The van der Waals surface area contributed by atoms with Gasteiger partial charge in [-0.2, -0.15) is 0 Å². The minimum Gasteiger partial charge on any atom is -0.507 e. The molecule has 2 rings (SSSR count). The number of benzene rings is 1. The zero-order valence-corrected chi connectivity index (χ0v) is 12.9. The maximum absolute atomic E-state index is 12.0. The van der Waals surface area contributed by atoms with Gasteiger partial charge in [0, 0.05) is 26.1 Å². The van der Waals surface area contributed by atoms with Crippen LogP contribution in [0.3, 0.4) is 0 Å². The Balaban J connectivity index is 1.79. The molecular weight excluding hydrogens is 300 g/mol. The fraction of sp³-hybridized carbons (Fsp3) is 0.438. The molecular formula is C16H20N2O5. The van der Waals surface area contributed by atoms with Gasteiger partial charge in [0.1, 0.15) is 5.75 Å². The van der Waals surface area contributed by atoms with Crippen molar-refractivity contribution < 1.29 is 24.6 Å². The molecule has 0 saturated carbocycles. The molecule has 2 amide bonds.